The van der Waals surface area contributed by atoms with Crippen LogP contribution in [0, 0.1) is 0 Å². The van der Waals surface area contributed by atoms with Crippen LogP contribution in [-0.2, 0) is 0 Å². The lowest BCUT2D eigenvalue weighted by atomic mass is 9.96. The average molecular weight is 196 g/mol. The SMILES string of the molecule is CC1CCCCN1C1CNC(C)(C)C1. The van der Waals surface area contributed by atoms with Crippen molar-refractivity contribution in [3.05, 3.63) is 0 Å². The zero-order chi connectivity index (χ0) is 10.2. The molecule has 0 aromatic rings. The van der Waals surface area contributed by atoms with Crippen molar-refractivity contribution in [2.75, 3.05) is 13.1 Å². The van der Waals surface area contributed by atoms with Gasteiger partial charge in [-0.25, -0.2) is 0 Å². The van der Waals surface area contributed by atoms with Gasteiger partial charge in [0.25, 0.3) is 0 Å². The van der Waals surface area contributed by atoms with E-state index in [-0.39, 0.29) is 0 Å². The van der Waals surface area contributed by atoms with E-state index in [1.54, 1.807) is 0 Å². The molecule has 14 heavy (non-hydrogen) atoms. The first-order chi connectivity index (χ1) is 6.58. The minimum absolute atomic E-state index is 0.363. The van der Waals surface area contributed by atoms with Gasteiger partial charge in [-0.05, 0) is 46.6 Å². The van der Waals surface area contributed by atoms with Gasteiger partial charge in [-0.3, -0.25) is 4.90 Å². The molecule has 0 aromatic heterocycles. The molecule has 0 radical (unpaired) electrons. The highest BCUT2D eigenvalue weighted by molar-refractivity contribution is 4.96. The Morgan fingerprint density at radius 3 is 2.64 bits per heavy atom. The van der Waals surface area contributed by atoms with Gasteiger partial charge in [-0.15, -0.1) is 0 Å². The molecule has 2 saturated heterocycles. The predicted octanol–water partition coefficient (Wildman–Crippen LogP) is 2.00. The number of likely N-dealkylation sites (tertiary alicyclic amines) is 1. The first kappa shape index (κ1) is 10.4. The minimum Gasteiger partial charge on any atom is -0.310 e. The zero-order valence-electron chi connectivity index (χ0n) is 9.84. The molecule has 2 heterocycles. The van der Waals surface area contributed by atoms with Crippen LogP contribution in [-0.4, -0.2) is 35.6 Å². The van der Waals surface area contributed by atoms with Gasteiger partial charge >= 0.3 is 0 Å². The largest absolute Gasteiger partial charge is 0.310 e. The van der Waals surface area contributed by atoms with E-state index in [2.05, 4.69) is 31.0 Å². The molecule has 0 spiro atoms. The third-order valence-corrected chi connectivity index (χ3v) is 3.89. The molecule has 0 saturated carbocycles. The summed E-state index contributed by atoms with van der Waals surface area (Å²) in [6.45, 7) is 9.55. The number of hydrogen-bond acceptors (Lipinski definition) is 2. The molecule has 2 aliphatic rings. The Morgan fingerprint density at radius 2 is 2.07 bits per heavy atom. The molecule has 0 bridgehead atoms. The summed E-state index contributed by atoms with van der Waals surface area (Å²) in [7, 11) is 0. The second kappa shape index (κ2) is 3.82. The minimum atomic E-state index is 0.363. The van der Waals surface area contributed by atoms with Crippen LogP contribution in [0.25, 0.3) is 0 Å². The average Bonchev–Trinajstić information content (AvgIpc) is 2.47. The van der Waals surface area contributed by atoms with Crippen molar-refractivity contribution in [3.63, 3.8) is 0 Å². The smallest absolute Gasteiger partial charge is 0.0240 e. The standard InChI is InChI=1S/C12H24N2/c1-10-6-4-5-7-14(10)11-8-12(2,3)13-9-11/h10-11,13H,4-9H2,1-3H3. The summed E-state index contributed by atoms with van der Waals surface area (Å²) in [5.41, 5.74) is 0.363. The summed E-state index contributed by atoms with van der Waals surface area (Å²) in [6, 6.07) is 1.60. The van der Waals surface area contributed by atoms with E-state index in [0.717, 1.165) is 12.1 Å². The van der Waals surface area contributed by atoms with Crippen molar-refractivity contribution >= 4 is 0 Å². The van der Waals surface area contributed by atoms with E-state index in [4.69, 9.17) is 0 Å². The fourth-order valence-corrected chi connectivity index (χ4v) is 3.02. The van der Waals surface area contributed by atoms with E-state index < -0.39 is 0 Å². The molecule has 0 aromatic carbocycles. The van der Waals surface area contributed by atoms with Crippen LogP contribution in [0.15, 0.2) is 0 Å². The van der Waals surface area contributed by atoms with Crippen molar-refractivity contribution < 1.29 is 0 Å². The zero-order valence-corrected chi connectivity index (χ0v) is 9.84. The maximum atomic E-state index is 3.62. The van der Waals surface area contributed by atoms with E-state index >= 15 is 0 Å². The van der Waals surface area contributed by atoms with Crippen LogP contribution in [0.3, 0.4) is 0 Å². The second-order valence-corrected chi connectivity index (χ2v) is 5.71. The Balaban J connectivity index is 1.95. The molecule has 2 atom stereocenters. The Morgan fingerprint density at radius 1 is 1.29 bits per heavy atom. The van der Waals surface area contributed by atoms with Crippen LogP contribution in [0.5, 0.6) is 0 Å². The maximum Gasteiger partial charge on any atom is 0.0240 e. The normalized spacial score (nSPS) is 38.8. The predicted molar refractivity (Wildman–Crippen MR) is 60.5 cm³/mol. The van der Waals surface area contributed by atoms with Gasteiger partial charge in [0, 0.05) is 24.2 Å². The third-order valence-electron chi connectivity index (χ3n) is 3.89. The van der Waals surface area contributed by atoms with Crippen molar-refractivity contribution in [1.29, 1.82) is 0 Å². The lowest BCUT2D eigenvalue weighted by Gasteiger charge is -2.38. The van der Waals surface area contributed by atoms with Crippen LogP contribution in [0.4, 0.5) is 0 Å². The van der Waals surface area contributed by atoms with Gasteiger partial charge in [0.05, 0.1) is 0 Å². The van der Waals surface area contributed by atoms with E-state index in [1.165, 1.54) is 38.8 Å². The van der Waals surface area contributed by atoms with E-state index in [0.29, 0.717) is 5.54 Å². The molecule has 2 nitrogen and oxygen atoms in total. The summed E-state index contributed by atoms with van der Waals surface area (Å²) in [6.07, 6.45) is 5.55. The Labute approximate surface area is 88.1 Å². The van der Waals surface area contributed by atoms with E-state index in [1.807, 2.05) is 0 Å². The first-order valence-corrected chi connectivity index (χ1v) is 6.09. The van der Waals surface area contributed by atoms with Crippen molar-refractivity contribution in [2.24, 2.45) is 0 Å². The fraction of sp³-hybridized carbons (Fsp3) is 1.00. The highest BCUT2D eigenvalue weighted by atomic mass is 15.2. The molecule has 0 aliphatic carbocycles. The molecular weight excluding hydrogens is 172 g/mol. The van der Waals surface area contributed by atoms with Crippen LogP contribution in [0.2, 0.25) is 0 Å². The van der Waals surface area contributed by atoms with Crippen LogP contribution >= 0.6 is 0 Å². The summed E-state index contributed by atoms with van der Waals surface area (Å²) in [5.74, 6) is 0. The lowest BCUT2D eigenvalue weighted by molar-refractivity contribution is 0.111. The number of nitrogens with one attached hydrogen (secondary N) is 1. The van der Waals surface area contributed by atoms with Crippen molar-refractivity contribution in [2.45, 2.75) is 64.1 Å². The van der Waals surface area contributed by atoms with Gasteiger partial charge < -0.3 is 5.32 Å². The van der Waals surface area contributed by atoms with Gasteiger partial charge in [-0.2, -0.15) is 0 Å². The third kappa shape index (κ3) is 2.12. The monoisotopic (exact) mass is 196 g/mol. The lowest BCUT2D eigenvalue weighted by Crippen LogP contribution is -2.45. The molecular formula is C12H24N2. The van der Waals surface area contributed by atoms with Crippen LogP contribution < -0.4 is 5.32 Å². The molecule has 2 fully saturated rings. The number of nitrogens with zero attached hydrogens (tertiary/aromatic N) is 1. The molecule has 1 N–H and O–H groups in total. The number of rotatable bonds is 1. The first-order valence-electron chi connectivity index (χ1n) is 6.09. The molecule has 0 amide bonds. The van der Waals surface area contributed by atoms with Gasteiger partial charge in [-0.1, -0.05) is 6.42 Å². The molecule has 2 heteroatoms. The molecule has 82 valence electrons. The highest BCUT2D eigenvalue weighted by Crippen LogP contribution is 2.27. The fourth-order valence-electron chi connectivity index (χ4n) is 3.02. The summed E-state index contributed by atoms with van der Waals surface area (Å²) >= 11 is 0. The summed E-state index contributed by atoms with van der Waals surface area (Å²) in [4.78, 5) is 2.73. The number of hydrogen-bond donors (Lipinski definition) is 1. The van der Waals surface area contributed by atoms with Crippen molar-refractivity contribution in [3.8, 4) is 0 Å². The van der Waals surface area contributed by atoms with Gasteiger partial charge in [0.15, 0.2) is 0 Å². The quantitative estimate of drug-likeness (QED) is 0.690. The molecule has 2 aliphatic heterocycles. The summed E-state index contributed by atoms with van der Waals surface area (Å²) < 4.78 is 0. The van der Waals surface area contributed by atoms with Crippen molar-refractivity contribution in [1.82, 2.24) is 10.2 Å². The molecule has 2 unspecified atom stereocenters. The van der Waals surface area contributed by atoms with Gasteiger partial charge in [0.2, 0.25) is 0 Å². The maximum absolute atomic E-state index is 3.62. The topological polar surface area (TPSA) is 15.3 Å². The Kier molecular flexibility index (Phi) is 2.85. The second-order valence-electron chi connectivity index (χ2n) is 5.71. The molecule has 2 rings (SSSR count). The van der Waals surface area contributed by atoms with E-state index in [9.17, 15) is 0 Å². The van der Waals surface area contributed by atoms with Gasteiger partial charge in [0.1, 0.15) is 0 Å². The highest BCUT2D eigenvalue weighted by Gasteiger charge is 2.35. The Bertz CT molecular complexity index is 200. The number of piperidine rings is 1. The summed E-state index contributed by atoms with van der Waals surface area (Å²) in [5, 5.41) is 3.62. The van der Waals surface area contributed by atoms with Crippen LogP contribution in [0.1, 0.15) is 46.5 Å². The Hall–Kier alpha value is -0.0800.